The van der Waals surface area contributed by atoms with Gasteiger partial charge >= 0.3 is 12.3 Å². The number of hydrogen-bond acceptors (Lipinski definition) is 7. The maximum atomic E-state index is 13.5. The smallest absolute Gasteiger partial charge is 0.378 e. The summed E-state index contributed by atoms with van der Waals surface area (Å²) in [6.45, 7) is 0.392. The maximum absolute atomic E-state index is 13.5. The Kier molecular flexibility index (Phi) is 10.9. The van der Waals surface area contributed by atoms with Gasteiger partial charge in [0.25, 0.3) is 0 Å². The second kappa shape index (κ2) is 14.3. The molecule has 2 atom stereocenters. The zero-order valence-electron chi connectivity index (χ0n) is 21.9. The number of rotatable bonds is 15. The molecule has 0 aliphatic heterocycles. The third-order valence-electron chi connectivity index (χ3n) is 5.95. The fourth-order valence-electron chi connectivity index (χ4n) is 3.90. The fraction of sp³-hybridized carbons (Fsp3) is 0.286. The molecule has 0 bridgehead atoms. The summed E-state index contributed by atoms with van der Waals surface area (Å²) in [5.74, 6) is -1.67. The molecular weight excluding hydrogens is 541 g/mol. The SMILES string of the molecule is COc1cccc(CCCCNC(=O)CC(NS(=O)(=O)c2ccccc2)c2ccc(OC(F)C(=O)O)c(N)c2)c1. The Balaban J connectivity index is 1.67. The summed E-state index contributed by atoms with van der Waals surface area (Å²) < 4.78 is 52.0. The quantitative estimate of drug-likeness (QED) is 0.159. The average Bonchev–Trinajstić information content (AvgIpc) is 2.94. The van der Waals surface area contributed by atoms with Crippen LogP contribution in [0, 0.1) is 0 Å². The molecule has 0 heterocycles. The molecule has 3 aromatic rings. The summed E-state index contributed by atoms with van der Waals surface area (Å²) in [5, 5.41) is 11.5. The normalized spacial score (nSPS) is 12.8. The van der Waals surface area contributed by atoms with E-state index < -0.39 is 34.3 Å². The second-order valence-corrected chi connectivity index (χ2v) is 10.6. The number of ether oxygens (including phenoxy) is 2. The van der Waals surface area contributed by atoms with Crippen LogP contribution in [0.1, 0.15) is 36.4 Å². The number of halogens is 1. The molecule has 0 aliphatic rings. The fourth-order valence-corrected chi connectivity index (χ4v) is 5.15. The van der Waals surface area contributed by atoms with E-state index in [1.165, 1.54) is 30.3 Å². The summed E-state index contributed by atoms with van der Waals surface area (Å²) >= 11 is 0. The lowest BCUT2D eigenvalue weighted by Crippen LogP contribution is -2.34. The van der Waals surface area contributed by atoms with E-state index in [4.69, 9.17) is 20.3 Å². The molecule has 0 saturated heterocycles. The van der Waals surface area contributed by atoms with Crippen molar-refractivity contribution >= 4 is 27.6 Å². The van der Waals surface area contributed by atoms with E-state index in [1.54, 1.807) is 25.3 Å². The Morgan fingerprint density at radius 2 is 1.77 bits per heavy atom. The van der Waals surface area contributed by atoms with Gasteiger partial charge in [-0.25, -0.2) is 17.9 Å². The molecule has 0 aromatic heterocycles. The highest BCUT2D eigenvalue weighted by atomic mass is 32.2. The summed E-state index contributed by atoms with van der Waals surface area (Å²) in [6.07, 6.45) is -0.544. The van der Waals surface area contributed by atoms with Gasteiger partial charge in [-0.2, -0.15) is 4.39 Å². The van der Waals surface area contributed by atoms with Crippen molar-refractivity contribution < 1.29 is 37.0 Å². The molecule has 3 aromatic carbocycles. The number of unbranched alkanes of at least 4 members (excludes halogenated alkanes) is 1. The molecule has 0 saturated carbocycles. The van der Waals surface area contributed by atoms with Crippen molar-refractivity contribution in [3.05, 3.63) is 83.9 Å². The van der Waals surface area contributed by atoms with E-state index in [0.717, 1.165) is 24.2 Å². The predicted molar refractivity (Wildman–Crippen MR) is 147 cm³/mol. The summed E-state index contributed by atoms with van der Waals surface area (Å²) in [7, 11) is -2.41. The number of carboxylic acids is 1. The van der Waals surface area contributed by atoms with Crippen LogP contribution in [0.2, 0.25) is 0 Å². The Hall–Kier alpha value is -4.16. The van der Waals surface area contributed by atoms with Gasteiger partial charge in [-0.15, -0.1) is 0 Å². The highest BCUT2D eigenvalue weighted by Crippen LogP contribution is 2.29. The Bertz CT molecular complexity index is 1400. The van der Waals surface area contributed by atoms with Crippen molar-refractivity contribution in [3.8, 4) is 11.5 Å². The summed E-state index contributed by atoms with van der Waals surface area (Å²) in [5.41, 5.74) is 7.23. The number of carboxylic acid groups (broad SMARTS) is 1. The van der Waals surface area contributed by atoms with Crippen molar-refractivity contribution in [2.24, 2.45) is 0 Å². The van der Waals surface area contributed by atoms with Gasteiger partial charge in [-0.3, -0.25) is 4.79 Å². The molecule has 2 unspecified atom stereocenters. The molecule has 3 rings (SSSR count). The predicted octanol–water partition coefficient (Wildman–Crippen LogP) is 3.59. The van der Waals surface area contributed by atoms with Crippen LogP contribution >= 0.6 is 0 Å². The number of aliphatic carboxylic acids is 1. The highest BCUT2D eigenvalue weighted by molar-refractivity contribution is 7.89. The molecule has 0 aliphatic carbocycles. The number of benzene rings is 3. The van der Waals surface area contributed by atoms with Gasteiger partial charge in [-0.1, -0.05) is 36.4 Å². The van der Waals surface area contributed by atoms with Crippen molar-refractivity contribution in [1.82, 2.24) is 10.0 Å². The minimum absolute atomic E-state index is 0.00704. The van der Waals surface area contributed by atoms with E-state index in [0.29, 0.717) is 18.5 Å². The summed E-state index contributed by atoms with van der Waals surface area (Å²) in [4.78, 5) is 23.6. The van der Waals surface area contributed by atoms with Crippen molar-refractivity contribution in [2.45, 2.75) is 43.0 Å². The largest absolute Gasteiger partial charge is 0.497 e. The highest BCUT2D eigenvalue weighted by Gasteiger charge is 2.25. The van der Waals surface area contributed by atoms with Crippen molar-refractivity contribution in [2.75, 3.05) is 19.4 Å². The first-order valence-corrected chi connectivity index (χ1v) is 14.0. The molecule has 12 heteroatoms. The lowest BCUT2D eigenvalue weighted by Gasteiger charge is -2.20. The van der Waals surface area contributed by atoms with Crippen LogP contribution in [0.5, 0.6) is 11.5 Å². The van der Waals surface area contributed by atoms with Crippen LogP contribution in [0.3, 0.4) is 0 Å². The topological polar surface area (TPSA) is 157 Å². The standard InChI is InChI=1S/C28H32FN3O7S/c1-38-21-10-7-9-19(16-21)8-5-6-15-31-26(33)18-24(32-40(36,37)22-11-3-2-4-12-22)20-13-14-25(23(30)17-20)39-27(29)28(34)35/h2-4,7,9-14,16-17,24,27,32H,5-6,8,15,18,30H2,1H3,(H,31,33)(H,34,35). The van der Waals surface area contributed by atoms with Crippen molar-refractivity contribution in [1.29, 1.82) is 0 Å². The van der Waals surface area contributed by atoms with Crippen LogP contribution < -0.4 is 25.2 Å². The van der Waals surface area contributed by atoms with Crippen LogP contribution in [0.25, 0.3) is 0 Å². The number of carbonyl (C=O) groups is 2. The average molecular weight is 574 g/mol. The molecule has 10 nitrogen and oxygen atoms in total. The van der Waals surface area contributed by atoms with Crippen LogP contribution in [0.15, 0.2) is 77.7 Å². The number of nitrogens with one attached hydrogen (secondary N) is 2. The van der Waals surface area contributed by atoms with E-state index in [1.807, 2.05) is 24.3 Å². The van der Waals surface area contributed by atoms with Crippen LogP contribution in [-0.4, -0.2) is 45.4 Å². The zero-order chi connectivity index (χ0) is 29.1. The number of carbonyl (C=O) groups excluding carboxylic acids is 1. The molecule has 1 amide bonds. The number of methoxy groups -OCH3 is 1. The molecule has 40 heavy (non-hydrogen) atoms. The summed E-state index contributed by atoms with van der Waals surface area (Å²) in [6, 6.07) is 18.3. The first-order chi connectivity index (χ1) is 19.1. The first kappa shape index (κ1) is 30.4. The van der Waals surface area contributed by atoms with Crippen LogP contribution in [-0.2, 0) is 26.0 Å². The number of alkyl halides is 1. The molecular formula is C28H32FN3O7S. The van der Waals surface area contributed by atoms with E-state index in [-0.39, 0.29) is 22.8 Å². The van der Waals surface area contributed by atoms with Gasteiger partial charge in [0.05, 0.1) is 23.7 Å². The molecule has 0 fully saturated rings. The zero-order valence-corrected chi connectivity index (χ0v) is 22.7. The van der Waals surface area contributed by atoms with Gasteiger partial charge in [0, 0.05) is 13.0 Å². The second-order valence-electron chi connectivity index (χ2n) is 8.92. The van der Waals surface area contributed by atoms with Gasteiger partial charge in [0.2, 0.25) is 15.9 Å². The third kappa shape index (κ3) is 8.95. The molecule has 0 spiro atoms. The van der Waals surface area contributed by atoms with E-state index in [9.17, 15) is 22.4 Å². The number of amides is 1. The maximum Gasteiger partial charge on any atom is 0.378 e. The number of nitrogen functional groups attached to an aromatic ring is 1. The lowest BCUT2D eigenvalue weighted by atomic mass is 10.0. The van der Waals surface area contributed by atoms with Gasteiger partial charge in [-0.05, 0) is 66.8 Å². The lowest BCUT2D eigenvalue weighted by molar-refractivity contribution is -0.153. The Labute approximate surface area is 232 Å². The number of anilines is 1. The third-order valence-corrected chi connectivity index (χ3v) is 7.44. The number of sulfonamides is 1. The number of nitrogens with two attached hydrogens (primary N) is 1. The Morgan fingerprint density at radius 3 is 2.45 bits per heavy atom. The van der Waals surface area contributed by atoms with Gasteiger partial charge in [0.15, 0.2) is 0 Å². The molecule has 0 radical (unpaired) electrons. The van der Waals surface area contributed by atoms with E-state index >= 15 is 0 Å². The molecule has 5 N–H and O–H groups in total. The van der Waals surface area contributed by atoms with Crippen LogP contribution in [0.4, 0.5) is 10.1 Å². The Morgan fingerprint density at radius 1 is 1.02 bits per heavy atom. The number of aryl methyl sites for hydroxylation is 1. The first-order valence-electron chi connectivity index (χ1n) is 12.5. The van der Waals surface area contributed by atoms with Gasteiger partial charge < -0.3 is 25.6 Å². The minimum Gasteiger partial charge on any atom is -0.497 e. The molecule has 214 valence electrons. The van der Waals surface area contributed by atoms with E-state index in [2.05, 4.69) is 10.0 Å². The monoisotopic (exact) mass is 573 g/mol. The van der Waals surface area contributed by atoms with Gasteiger partial charge in [0.1, 0.15) is 11.5 Å². The number of hydrogen-bond donors (Lipinski definition) is 4. The van der Waals surface area contributed by atoms with Crippen molar-refractivity contribution in [3.63, 3.8) is 0 Å². The minimum atomic E-state index is -4.02.